The van der Waals surface area contributed by atoms with Crippen LogP contribution in [0.3, 0.4) is 0 Å². The van der Waals surface area contributed by atoms with Crippen molar-refractivity contribution in [3.8, 4) is 22.6 Å². The SMILES string of the molecule is c1ccc2c3c(ccc2c1)Oc1cccc2[o+]c4ccc5ccccc5c4c-3c12. The minimum atomic E-state index is 0.846. The molecule has 2 nitrogen and oxygen atoms in total. The third-order valence-electron chi connectivity index (χ3n) is 5.96. The highest BCUT2D eigenvalue weighted by atomic mass is 16.5. The Balaban J connectivity index is 1.84. The third kappa shape index (κ3) is 1.93. The van der Waals surface area contributed by atoms with Gasteiger partial charge >= 0.3 is 11.2 Å². The van der Waals surface area contributed by atoms with Gasteiger partial charge in [-0.25, -0.2) is 4.42 Å². The zero-order valence-corrected chi connectivity index (χ0v) is 15.5. The van der Waals surface area contributed by atoms with Crippen LogP contribution in [-0.4, -0.2) is 0 Å². The predicted molar refractivity (Wildman–Crippen MR) is 119 cm³/mol. The Bertz CT molecular complexity index is 1630. The van der Waals surface area contributed by atoms with Crippen LogP contribution >= 0.6 is 0 Å². The van der Waals surface area contributed by atoms with Gasteiger partial charge in [0.1, 0.15) is 16.9 Å². The van der Waals surface area contributed by atoms with Gasteiger partial charge in [0.25, 0.3) is 0 Å². The summed E-state index contributed by atoms with van der Waals surface area (Å²) in [6, 6.07) is 31.5. The van der Waals surface area contributed by atoms with Crippen LogP contribution in [0.1, 0.15) is 0 Å². The van der Waals surface area contributed by atoms with Crippen LogP contribution in [0.5, 0.6) is 11.5 Å². The molecule has 0 spiro atoms. The molecular formula is C27H15O2+. The first kappa shape index (κ1) is 15.1. The van der Waals surface area contributed by atoms with Gasteiger partial charge in [0, 0.05) is 23.3 Å². The fraction of sp³-hybridized carbons (Fsp3) is 0. The van der Waals surface area contributed by atoms with E-state index in [2.05, 4.69) is 72.8 Å². The Morgan fingerprint density at radius 1 is 0.483 bits per heavy atom. The molecule has 2 heterocycles. The zero-order chi connectivity index (χ0) is 18.9. The Morgan fingerprint density at radius 2 is 1.21 bits per heavy atom. The van der Waals surface area contributed by atoms with E-state index in [0.29, 0.717) is 0 Å². The minimum absolute atomic E-state index is 0.846. The normalized spacial score (nSPS) is 12.4. The molecule has 0 atom stereocenters. The highest BCUT2D eigenvalue weighted by molar-refractivity contribution is 6.24. The van der Waals surface area contributed by atoms with Gasteiger partial charge in [-0.2, -0.15) is 0 Å². The molecule has 29 heavy (non-hydrogen) atoms. The van der Waals surface area contributed by atoms with Crippen molar-refractivity contribution in [2.75, 3.05) is 0 Å². The quantitative estimate of drug-likeness (QED) is 0.153. The van der Waals surface area contributed by atoms with Crippen molar-refractivity contribution in [3.63, 3.8) is 0 Å². The maximum absolute atomic E-state index is 6.36. The summed E-state index contributed by atoms with van der Waals surface area (Å²) in [5.74, 6) is 1.74. The molecule has 0 saturated heterocycles. The van der Waals surface area contributed by atoms with Gasteiger partial charge in [-0.3, -0.25) is 0 Å². The van der Waals surface area contributed by atoms with Crippen molar-refractivity contribution >= 4 is 43.5 Å². The maximum atomic E-state index is 6.36. The molecule has 7 rings (SSSR count). The van der Waals surface area contributed by atoms with Gasteiger partial charge in [-0.15, -0.1) is 0 Å². The number of hydrogen-bond donors (Lipinski definition) is 0. The summed E-state index contributed by atoms with van der Waals surface area (Å²) in [7, 11) is 0. The Hall–Kier alpha value is -3.91. The first-order valence-corrected chi connectivity index (χ1v) is 9.79. The van der Waals surface area contributed by atoms with Crippen molar-refractivity contribution in [2.24, 2.45) is 0 Å². The molecule has 134 valence electrons. The van der Waals surface area contributed by atoms with Crippen molar-refractivity contribution in [1.29, 1.82) is 0 Å². The summed E-state index contributed by atoms with van der Waals surface area (Å²) < 4.78 is 12.7. The highest BCUT2D eigenvalue weighted by Gasteiger charge is 2.31. The highest BCUT2D eigenvalue weighted by Crippen LogP contribution is 2.52. The van der Waals surface area contributed by atoms with Crippen LogP contribution < -0.4 is 4.74 Å². The number of benzene rings is 5. The average molecular weight is 371 g/mol. The molecule has 1 aromatic heterocycles. The van der Waals surface area contributed by atoms with Crippen molar-refractivity contribution in [2.45, 2.75) is 0 Å². The predicted octanol–water partition coefficient (Wildman–Crippen LogP) is 7.95. The standard InChI is InChI=1S/C27H15O2/c1-3-8-18-16(6-1)12-14-22-24(18)27-25-19-9-4-2-7-17(19)13-15-23(25)29-21-11-5-10-20(28-22)26(21)27/h1-15H/q+1. The molecule has 0 radical (unpaired) electrons. The second kappa shape index (κ2) is 5.33. The lowest BCUT2D eigenvalue weighted by molar-refractivity contribution is 0.486. The molecule has 1 aliphatic heterocycles. The zero-order valence-electron chi connectivity index (χ0n) is 15.5. The molecular weight excluding hydrogens is 356 g/mol. The van der Waals surface area contributed by atoms with Gasteiger partial charge in [0.05, 0.1) is 5.39 Å². The fourth-order valence-corrected chi connectivity index (χ4v) is 4.73. The first-order valence-electron chi connectivity index (χ1n) is 9.79. The molecule has 5 aromatic carbocycles. The molecule has 0 saturated carbocycles. The molecule has 2 heteroatoms. The number of fused-ring (bicyclic) bond motifs is 8. The Kier molecular flexibility index (Phi) is 2.77. The lowest BCUT2D eigenvalue weighted by Gasteiger charge is -2.21. The van der Waals surface area contributed by atoms with E-state index in [1.54, 1.807) is 0 Å². The second-order valence-electron chi connectivity index (χ2n) is 7.53. The summed E-state index contributed by atoms with van der Waals surface area (Å²) in [5.41, 5.74) is 4.08. The van der Waals surface area contributed by atoms with Gasteiger partial charge in [-0.05, 0) is 45.8 Å². The van der Waals surface area contributed by atoms with E-state index >= 15 is 0 Å². The molecule has 6 aromatic rings. The first-order chi connectivity index (χ1) is 14.4. The molecule has 0 aliphatic carbocycles. The topological polar surface area (TPSA) is 20.5 Å². The maximum Gasteiger partial charge on any atom is 0.365 e. The fourth-order valence-electron chi connectivity index (χ4n) is 4.73. The molecule has 0 N–H and O–H groups in total. The van der Waals surface area contributed by atoms with Gasteiger partial charge < -0.3 is 4.74 Å². The number of ether oxygens (including phenoxy) is 1. The number of hydrogen-bond acceptors (Lipinski definition) is 1. The van der Waals surface area contributed by atoms with E-state index < -0.39 is 0 Å². The van der Waals surface area contributed by atoms with Crippen LogP contribution in [0.4, 0.5) is 0 Å². The van der Waals surface area contributed by atoms with Crippen LogP contribution in [0, 0.1) is 0 Å². The van der Waals surface area contributed by atoms with Crippen molar-refractivity contribution in [3.05, 3.63) is 91.0 Å². The molecule has 0 bridgehead atoms. The summed E-state index contributed by atoms with van der Waals surface area (Å²) >= 11 is 0. The van der Waals surface area contributed by atoms with E-state index in [-0.39, 0.29) is 0 Å². The van der Waals surface area contributed by atoms with Gasteiger partial charge in [0.15, 0.2) is 0 Å². The average Bonchev–Trinajstić information content (AvgIpc) is 2.78. The smallest absolute Gasteiger partial charge is 0.365 e. The summed E-state index contributed by atoms with van der Waals surface area (Å²) in [6.07, 6.45) is 0. The lowest BCUT2D eigenvalue weighted by Crippen LogP contribution is -1.99. The summed E-state index contributed by atoms with van der Waals surface area (Å²) in [6.45, 7) is 0. The van der Waals surface area contributed by atoms with Crippen LogP contribution in [0.25, 0.3) is 54.6 Å². The minimum Gasteiger partial charge on any atom is -0.456 e. The third-order valence-corrected chi connectivity index (χ3v) is 5.96. The molecule has 0 unspecified atom stereocenters. The summed E-state index contributed by atoms with van der Waals surface area (Å²) in [5, 5.41) is 6.99. The van der Waals surface area contributed by atoms with Crippen LogP contribution in [0.2, 0.25) is 0 Å². The van der Waals surface area contributed by atoms with Gasteiger partial charge in [-0.1, -0.05) is 54.6 Å². The van der Waals surface area contributed by atoms with E-state index in [4.69, 9.17) is 9.15 Å². The second-order valence-corrected chi connectivity index (χ2v) is 7.53. The Morgan fingerprint density at radius 3 is 2.10 bits per heavy atom. The van der Waals surface area contributed by atoms with Crippen molar-refractivity contribution < 1.29 is 9.15 Å². The summed E-state index contributed by atoms with van der Waals surface area (Å²) in [4.78, 5) is 0. The molecule has 0 fully saturated rings. The van der Waals surface area contributed by atoms with E-state index in [9.17, 15) is 0 Å². The van der Waals surface area contributed by atoms with E-state index in [1.807, 2.05) is 18.2 Å². The van der Waals surface area contributed by atoms with Gasteiger partial charge in [0.2, 0.25) is 0 Å². The largest absolute Gasteiger partial charge is 0.456 e. The molecule has 0 amide bonds. The van der Waals surface area contributed by atoms with Crippen LogP contribution in [-0.2, 0) is 0 Å². The molecule has 1 aliphatic rings. The Labute approximate surface area is 166 Å². The monoisotopic (exact) mass is 371 g/mol. The van der Waals surface area contributed by atoms with E-state index in [1.165, 1.54) is 27.1 Å². The lowest BCUT2D eigenvalue weighted by atomic mass is 9.88. The van der Waals surface area contributed by atoms with Crippen LogP contribution in [0.15, 0.2) is 95.4 Å². The van der Waals surface area contributed by atoms with E-state index in [0.717, 1.165) is 39.0 Å². The number of rotatable bonds is 0. The van der Waals surface area contributed by atoms with Crippen molar-refractivity contribution in [1.82, 2.24) is 0 Å².